The van der Waals surface area contributed by atoms with Crippen molar-refractivity contribution in [3.05, 3.63) is 101 Å². The molecule has 0 N–H and O–H groups in total. The summed E-state index contributed by atoms with van der Waals surface area (Å²) < 4.78 is 21.9. The standard InChI is InChI=1S/C28H24N2O7/c1-34-26(31)20-9-7-8-18(16-20)17-37-22-14-12-19(13-15-22)24-23(27(32)35-2)25(28(33)36-3)30(29-24)21-10-5-4-6-11-21/h4-16H,17H2,1-3H3. The summed E-state index contributed by atoms with van der Waals surface area (Å²) >= 11 is 0. The summed E-state index contributed by atoms with van der Waals surface area (Å²) in [5.41, 5.74) is 2.59. The lowest BCUT2D eigenvalue weighted by Gasteiger charge is -2.08. The highest BCUT2D eigenvalue weighted by atomic mass is 16.5. The monoisotopic (exact) mass is 500 g/mol. The van der Waals surface area contributed by atoms with Gasteiger partial charge in [0.25, 0.3) is 0 Å². The first-order valence-corrected chi connectivity index (χ1v) is 11.2. The fraction of sp³-hybridized carbons (Fsp3) is 0.143. The largest absolute Gasteiger partial charge is 0.489 e. The number of aromatic nitrogens is 2. The van der Waals surface area contributed by atoms with Crippen molar-refractivity contribution >= 4 is 17.9 Å². The third-order valence-corrected chi connectivity index (χ3v) is 5.54. The molecular formula is C28H24N2O7. The summed E-state index contributed by atoms with van der Waals surface area (Å²) in [7, 11) is 3.80. The van der Waals surface area contributed by atoms with E-state index >= 15 is 0 Å². The van der Waals surface area contributed by atoms with Crippen LogP contribution in [0.5, 0.6) is 5.75 Å². The first-order chi connectivity index (χ1) is 18.0. The Morgan fingerprint density at radius 3 is 2.08 bits per heavy atom. The zero-order valence-electron chi connectivity index (χ0n) is 20.5. The maximum absolute atomic E-state index is 12.8. The van der Waals surface area contributed by atoms with Gasteiger partial charge in [0.2, 0.25) is 0 Å². The number of carbonyl (C=O) groups excluding carboxylic acids is 3. The minimum atomic E-state index is -0.725. The average Bonchev–Trinajstić information content (AvgIpc) is 3.36. The number of rotatable bonds is 8. The van der Waals surface area contributed by atoms with Gasteiger partial charge in [-0.2, -0.15) is 5.10 Å². The summed E-state index contributed by atoms with van der Waals surface area (Å²) in [6.45, 7) is 0.229. The average molecular weight is 501 g/mol. The molecule has 9 nitrogen and oxygen atoms in total. The molecule has 0 fully saturated rings. The van der Waals surface area contributed by atoms with E-state index in [9.17, 15) is 14.4 Å². The lowest BCUT2D eigenvalue weighted by Crippen LogP contribution is -2.15. The fourth-order valence-corrected chi connectivity index (χ4v) is 3.74. The molecule has 0 aliphatic heterocycles. The number of esters is 3. The van der Waals surface area contributed by atoms with Crippen molar-refractivity contribution < 1.29 is 33.3 Å². The third kappa shape index (κ3) is 5.35. The number of hydrogen-bond donors (Lipinski definition) is 0. The predicted octanol–water partition coefficient (Wildman–Crippen LogP) is 4.48. The number of hydrogen-bond acceptors (Lipinski definition) is 8. The van der Waals surface area contributed by atoms with Gasteiger partial charge in [0.1, 0.15) is 23.6 Å². The van der Waals surface area contributed by atoms with E-state index in [1.165, 1.54) is 26.0 Å². The van der Waals surface area contributed by atoms with Crippen LogP contribution in [0.25, 0.3) is 16.9 Å². The van der Waals surface area contributed by atoms with Gasteiger partial charge in [-0.3, -0.25) is 0 Å². The number of carbonyl (C=O) groups is 3. The molecule has 37 heavy (non-hydrogen) atoms. The van der Waals surface area contributed by atoms with Gasteiger partial charge in [-0.05, 0) is 54.1 Å². The van der Waals surface area contributed by atoms with Crippen molar-refractivity contribution in [3.63, 3.8) is 0 Å². The quantitative estimate of drug-likeness (QED) is 0.258. The second kappa shape index (κ2) is 11.2. The Balaban J connectivity index is 1.66. The van der Waals surface area contributed by atoms with Crippen molar-refractivity contribution in [2.75, 3.05) is 21.3 Å². The molecule has 0 saturated heterocycles. The number of nitrogens with zero attached hydrogens (tertiary/aromatic N) is 2. The molecule has 1 aromatic heterocycles. The van der Waals surface area contributed by atoms with Crippen LogP contribution in [0.4, 0.5) is 0 Å². The minimum absolute atomic E-state index is 0.00787. The smallest absolute Gasteiger partial charge is 0.357 e. The topological polar surface area (TPSA) is 106 Å². The van der Waals surface area contributed by atoms with Gasteiger partial charge in [0.05, 0.1) is 32.6 Å². The van der Waals surface area contributed by atoms with Gasteiger partial charge < -0.3 is 18.9 Å². The molecule has 1 heterocycles. The normalized spacial score (nSPS) is 10.5. The van der Waals surface area contributed by atoms with Gasteiger partial charge in [0.15, 0.2) is 5.69 Å². The van der Waals surface area contributed by atoms with Crippen LogP contribution in [-0.2, 0) is 20.8 Å². The molecular weight excluding hydrogens is 476 g/mol. The van der Waals surface area contributed by atoms with E-state index in [4.69, 9.17) is 18.9 Å². The van der Waals surface area contributed by atoms with Crippen molar-refractivity contribution in [1.29, 1.82) is 0 Å². The van der Waals surface area contributed by atoms with Crippen molar-refractivity contribution in [1.82, 2.24) is 9.78 Å². The second-order valence-electron chi connectivity index (χ2n) is 7.81. The number of methoxy groups -OCH3 is 3. The Bertz CT molecular complexity index is 1430. The first-order valence-electron chi connectivity index (χ1n) is 11.2. The molecule has 3 aromatic carbocycles. The van der Waals surface area contributed by atoms with Crippen LogP contribution in [0, 0.1) is 0 Å². The summed E-state index contributed by atoms with van der Waals surface area (Å²) in [6.07, 6.45) is 0. The SMILES string of the molecule is COC(=O)c1cccc(COc2ccc(-c3nn(-c4ccccc4)c(C(=O)OC)c3C(=O)OC)cc2)c1. The fourth-order valence-electron chi connectivity index (χ4n) is 3.74. The van der Waals surface area contributed by atoms with Crippen LogP contribution < -0.4 is 4.74 Å². The van der Waals surface area contributed by atoms with Crippen molar-refractivity contribution in [2.45, 2.75) is 6.61 Å². The molecule has 4 rings (SSSR count). The molecule has 188 valence electrons. The molecule has 0 aliphatic rings. The van der Waals surface area contributed by atoms with Crippen LogP contribution >= 0.6 is 0 Å². The Labute approximate surface area is 213 Å². The third-order valence-electron chi connectivity index (χ3n) is 5.54. The Kier molecular flexibility index (Phi) is 7.63. The lowest BCUT2D eigenvalue weighted by atomic mass is 10.1. The Morgan fingerprint density at radius 2 is 1.43 bits per heavy atom. The zero-order valence-corrected chi connectivity index (χ0v) is 20.5. The van der Waals surface area contributed by atoms with Crippen LogP contribution in [0.2, 0.25) is 0 Å². The molecule has 0 unspecified atom stereocenters. The molecule has 0 spiro atoms. The van der Waals surface area contributed by atoms with Crippen molar-refractivity contribution in [3.8, 4) is 22.7 Å². The van der Waals surface area contributed by atoms with E-state index in [2.05, 4.69) is 5.10 Å². The molecule has 0 bridgehead atoms. The van der Waals surface area contributed by atoms with Crippen LogP contribution in [0.3, 0.4) is 0 Å². The van der Waals surface area contributed by atoms with E-state index in [1.54, 1.807) is 66.7 Å². The minimum Gasteiger partial charge on any atom is -0.489 e. The first kappa shape index (κ1) is 25.2. The molecule has 0 atom stereocenters. The van der Waals surface area contributed by atoms with Gasteiger partial charge in [-0.25, -0.2) is 19.1 Å². The second-order valence-corrected chi connectivity index (χ2v) is 7.81. The summed E-state index contributed by atoms with van der Waals surface area (Å²) in [5, 5.41) is 4.58. The molecule has 4 aromatic rings. The van der Waals surface area contributed by atoms with Gasteiger partial charge in [0, 0.05) is 5.56 Å². The number of benzene rings is 3. The predicted molar refractivity (Wildman–Crippen MR) is 134 cm³/mol. The highest BCUT2D eigenvalue weighted by Crippen LogP contribution is 2.30. The molecule has 9 heteroatoms. The Hall–Kier alpha value is -4.92. The molecule has 0 aliphatic carbocycles. The van der Waals surface area contributed by atoms with E-state index in [0.717, 1.165) is 5.56 Å². The molecule has 0 saturated carbocycles. The van der Waals surface area contributed by atoms with Gasteiger partial charge >= 0.3 is 17.9 Å². The van der Waals surface area contributed by atoms with E-state index in [-0.39, 0.29) is 23.6 Å². The van der Waals surface area contributed by atoms with Gasteiger partial charge in [-0.15, -0.1) is 0 Å². The van der Waals surface area contributed by atoms with E-state index in [0.29, 0.717) is 22.6 Å². The van der Waals surface area contributed by atoms with Crippen LogP contribution in [0.1, 0.15) is 36.8 Å². The Morgan fingerprint density at radius 1 is 0.757 bits per heavy atom. The summed E-state index contributed by atoms with van der Waals surface area (Å²) in [4.78, 5) is 37.2. The zero-order chi connectivity index (χ0) is 26.4. The van der Waals surface area contributed by atoms with E-state index < -0.39 is 17.9 Å². The maximum Gasteiger partial charge on any atom is 0.357 e. The summed E-state index contributed by atoms with van der Waals surface area (Å²) in [5.74, 6) is -1.31. The number of para-hydroxylation sites is 1. The van der Waals surface area contributed by atoms with E-state index in [1.807, 2.05) is 12.1 Å². The van der Waals surface area contributed by atoms with Crippen LogP contribution in [0.15, 0.2) is 78.9 Å². The number of ether oxygens (including phenoxy) is 4. The summed E-state index contributed by atoms with van der Waals surface area (Å²) in [6, 6.07) is 22.8. The lowest BCUT2D eigenvalue weighted by molar-refractivity contribution is 0.0549. The molecule has 0 radical (unpaired) electrons. The van der Waals surface area contributed by atoms with Crippen molar-refractivity contribution in [2.24, 2.45) is 0 Å². The maximum atomic E-state index is 12.8. The van der Waals surface area contributed by atoms with Crippen LogP contribution in [-0.4, -0.2) is 49.0 Å². The highest BCUT2D eigenvalue weighted by Gasteiger charge is 2.31. The van der Waals surface area contributed by atoms with Gasteiger partial charge in [-0.1, -0.05) is 30.3 Å². The highest BCUT2D eigenvalue weighted by molar-refractivity contribution is 6.06. The molecule has 0 amide bonds.